The molecule has 1 aromatic carbocycles. The predicted molar refractivity (Wildman–Crippen MR) is 124 cm³/mol. The highest BCUT2D eigenvalue weighted by molar-refractivity contribution is 7.52. The van der Waals surface area contributed by atoms with Crippen molar-refractivity contribution in [2.75, 3.05) is 19.5 Å². The fourth-order valence-corrected chi connectivity index (χ4v) is 5.30. The molecular weight excluding hydrogens is 487 g/mol. The van der Waals surface area contributed by atoms with Crippen molar-refractivity contribution < 1.29 is 28.3 Å². The van der Waals surface area contributed by atoms with Crippen LogP contribution in [-0.2, 0) is 13.9 Å². The number of nitrogens with one attached hydrogen (secondary N) is 1. The van der Waals surface area contributed by atoms with E-state index in [1.165, 1.54) is 26.2 Å². The first-order valence-electron chi connectivity index (χ1n) is 10.4. The summed E-state index contributed by atoms with van der Waals surface area (Å²) in [6.07, 6.45) is 3.06. The SMILES string of the molecule is COc1nc(N)nc2c1ncn2C1CC(COP(=O)(N[C@@H](C)C(=O)O)Oc2ccc(Cl)cc2)C1. The first kappa shape index (κ1) is 24.2. The number of carboxylic acid groups (broad SMARTS) is 1. The van der Waals surface area contributed by atoms with Gasteiger partial charge in [0.2, 0.25) is 11.8 Å². The van der Waals surface area contributed by atoms with Crippen LogP contribution in [0, 0.1) is 5.92 Å². The maximum absolute atomic E-state index is 13.3. The molecule has 34 heavy (non-hydrogen) atoms. The van der Waals surface area contributed by atoms with Gasteiger partial charge in [0.15, 0.2) is 11.2 Å². The Morgan fingerprint density at radius 2 is 2.06 bits per heavy atom. The summed E-state index contributed by atoms with van der Waals surface area (Å²) >= 11 is 5.88. The maximum atomic E-state index is 13.3. The summed E-state index contributed by atoms with van der Waals surface area (Å²) in [5.74, 6) is -0.493. The molecule has 2 heterocycles. The molecule has 2 aromatic heterocycles. The highest BCUT2D eigenvalue weighted by atomic mass is 35.5. The number of aliphatic carboxylic acids is 1. The van der Waals surface area contributed by atoms with Crippen molar-refractivity contribution in [1.29, 1.82) is 0 Å². The minimum atomic E-state index is -3.98. The van der Waals surface area contributed by atoms with E-state index < -0.39 is 19.8 Å². The molecule has 1 fully saturated rings. The molecule has 4 rings (SSSR count). The van der Waals surface area contributed by atoms with E-state index in [1.54, 1.807) is 18.5 Å². The number of aromatic nitrogens is 4. The zero-order chi connectivity index (χ0) is 24.5. The lowest BCUT2D eigenvalue weighted by Crippen LogP contribution is -2.35. The number of nitrogens with zero attached hydrogens (tertiary/aromatic N) is 4. The number of rotatable bonds is 10. The maximum Gasteiger partial charge on any atom is 0.459 e. The van der Waals surface area contributed by atoms with Gasteiger partial charge in [-0.3, -0.25) is 9.32 Å². The summed E-state index contributed by atoms with van der Waals surface area (Å²) in [6, 6.07) is 5.12. The molecule has 0 radical (unpaired) electrons. The summed E-state index contributed by atoms with van der Waals surface area (Å²) in [7, 11) is -2.50. The van der Waals surface area contributed by atoms with Crippen LogP contribution in [0.15, 0.2) is 30.6 Å². The minimum absolute atomic E-state index is 0.0626. The topological polar surface area (TPSA) is 164 Å². The Kier molecular flexibility index (Phi) is 6.94. The largest absolute Gasteiger partial charge is 0.480 e. The average molecular weight is 511 g/mol. The van der Waals surface area contributed by atoms with E-state index in [0.717, 1.165) is 0 Å². The van der Waals surface area contributed by atoms with Crippen molar-refractivity contribution in [1.82, 2.24) is 24.6 Å². The van der Waals surface area contributed by atoms with Crippen molar-refractivity contribution in [3.05, 3.63) is 35.6 Å². The van der Waals surface area contributed by atoms with Crippen LogP contribution >= 0.6 is 19.3 Å². The summed E-state index contributed by atoms with van der Waals surface area (Å²) in [6.45, 7) is 1.46. The molecule has 4 N–H and O–H groups in total. The Hall–Kier alpha value is -2.92. The lowest BCUT2D eigenvalue weighted by atomic mass is 9.81. The Morgan fingerprint density at radius 1 is 1.35 bits per heavy atom. The van der Waals surface area contributed by atoms with Crippen molar-refractivity contribution in [2.45, 2.75) is 31.8 Å². The molecule has 14 heteroatoms. The third-order valence-corrected chi connectivity index (χ3v) is 7.34. The van der Waals surface area contributed by atoms with Gasteiger partial charge in [0, 0.05) is 11.1 Å². The number of halogens is 1. The van der Waals surface area contributed by atoms with Crippen LogP contribution in [-0.4, -0.2) is 50.4 Å². The molecular formula is C20H24ClN6O6P. The third kappa shape index (κ3) is 5.25. The second kappa shape index (κ2) is 9.75. The number of methoxy groups -OCH3 is 1. The number of ether oxygens (including phenoxy) is 1. The van der Waals surface area contributed by atoms with Crippen LogP contribution in [0.4, 0.5) is 5.95 Å². The molecule has 1 unspecified atom stereocenters. The Morgan fingerprint density at radius 3 is 2.71 bits per heavy atom. The van der Waals surface area contributed by atoms with Crippen LogP contribution in [0.1, 0.15) is 25.8 Å². The van der Waals surface area contributed by atoms with Gasteiger partial charge in [0.05, 0.1) is 20.0 Å². The number of carboxylic acids is 1. The van der Waals surface area contributed by atoms with E-state index in [4.69, 9.17) is 31.1 Å². The normalized spacial score (nSPS) is 20.3. The highest BCUT2D eigenvalue weighted by Gasteiger charge is 2.37. The molecule has 0 bridgehead atoms. The van der Waals surface area contributed by atoms with E-state index in [1.807, 2.05) is 4.57 Å². The van der Waals surface area contributed by atoms with Gasteiger partial charge in [-0.15, -0.1) is 0 Å². The summed E-state index contributed by atoms with van der Waals surface area (Å²) in [5, 5.41) is 12.2. The molecule has 1 saturated carbocycles. The Balaban J connectivity index is 1.41. The van der Waals surface area contributed by atoms with E-state index in [2.05, 4.69) is 20.0 Å². The van der Waals surface area contributed by atoms with Gasteiger partial charge >= 0.3 is 13.7 Å². The number of anilines is 1. The summed E-state index contributed by atoms with van der Waals surface area (Å²) in [4.78, 5) is 23.9. The van der Waals surface area contributed by atoms with Gasteiger partial charge in [-0.25, -0.2) is 9.55 Å². The molecule has 0 aliphatic heterocycles. The first-order chi connectivity index (χ1) is 16.2. The number of fused-ring (bicyclic) bond motifs is 1. The van der Waals surface area contributed by atoms with E-state index in [0.29, 0.717) is 34.9 Å². The number of nitrogen functional groups attached to an aromatic ring is 1. The van der Waals surface area contributed by atoms with Gasteiger partial charge < -0.3 is 24.7 Å². The fraction of sp³-hybridized carbons (Fsp3) is 0.400. The number of hydrogen-bond donors (Lipinski definition) is 3. The monoisotopic (exact) mass is 510 g/mol. The number of hydrogen-bond acceptors (Lipinski definition) is 9. The van der Waals surface area contributed by atoms with Crippen molar-refractivity contribution in [3.63, 3.8) is 0 Å². The van der Waals surface area contributed by atoms with Gasteiger partial charge in [-0.05, 0) is 49.9 Å². The zero-order valence-electron chi connectivity index (χ0n) is 18.4. The highest BCUT2D eigenvalue weighted by Crippen LogP contribution is 2.48. The standard InChI is InChI=1S/C20H24ClN6O6P/c1-11(19(28)29)26-34(30,33-15-5-3-13(21)4-6-15)32-9-12-7-14(8-12)27-10-23-16-17(27)24-20(22)25-18(16)31-2/h3-6,10-12,14H,7-9H2,1-2H3,(H,26,30)(H,28,29)(H2,22,24,25)/t11-,12?,14?,34?/m0/s1. The van der Waals surface area contributed by atoms with Crippen molar-refractivity contribution >= 4 is 42.4 Å². The van der Waals surface area contributed by atoms with Crippen LogP contribution in [0.5, 0.6) is 11.6 Å². The molecule has 182 valence electrons. The lowest BCUT2D eigenvalue weighted by Gasteiger charge is -2.36. The number of benzene rings is 1. The van der Waals surface area contributed by atoms with Crippen LogP contribution in [0.2, 0.25) is 5.02 Å². The number of nitrogens with two attached hydrogens (primary N) is 1. The van der Waals surface area contributed by atoms with Crippen molar-refractivity contribution in [3.8, 4) is 11.6 Å². The second-order valence-corrected chi connectivity index (χ2v) is 10.1. The molecule has 12 nitrogen and oxygen atoms in total. The molecule has 1 aliphatic carbocycles. The molecule has 3 aromatic rings. The average Bonchev–Trinajstić information content (AvgIpc) is 3.17. The molecule has 0 saturated heterocycles. The van der Waals surface area contributed by atoms with Crippen molar-refractivity contribution in [2.24, 2.45) is 5.92 Å². The molecule has 2 atom stereocenters. The smallest absolute Gasteiger partial charge is 0.459 e. The first-order valence-corrected chi connectivity index (χ1v) is 12.3. The van der Waals surface area contributed by atoms with Gasteiger partial charge in [-0.2, -0.15) is 15.1 Å². The van der Waals surface area contributed by atoms with E-state index >= 15 is 0 Å². The molecule has 0 spiro atoms. The van der Waals surface area contributed by atoms with Crippen LogP contribution in [0.25, 0.3) is 11.2 Å². The third-order valence-electron chi connectivity index (χ3n) is 5.45. The lowest BCUT2D eigenvalue weighted by molar-refractivity contribution is -0.138. The Bertz CT molecular complexity index is 1230. The molecule has 0 amide bonds. The van der Waals surface area contributed by atoms with E-state index in [-0.39, 0.29) is 30.3 Å². The second-order valence-electron chi connectivity index (χ2n) is 7.93. The summed E-state index contributed by atoms with van der Waals surface area (Å²) < 4.78 is 31.6. The Labute approximate surface area is 200 Å². The molecule has 1 aliphatic rings. The van der Waals surface area contributed by atoms with Gasteiger partial charge in [0.25, 0.3) is 0 Å². The number of imidazole rings is 1. The quantitative estimate of drug-likeness (QED) is 0.343. The predicted octanol–water partition coefficient (Wildman–Crippen LogP) is 3.29. The minimum Gasteiger partial charge on any atom is -0.480 e. The number of carbonyl (C=O) groups is 1. The van der Waals surface area contributed by atoms with Crippen LogP contribution < -0.4 is 20.1 Å². The fourth-order valence-electron chi connectivity index (χ4n) is 3.60. The zero-order valence-corrected chi connectivity index (χ0v) is 20.1. The van der Waals surface area contributed by atoms with E-state index in [9.17, 15) is 14.5 Å². The summed E-state index contributed by atoms with van der Waals surface area (Å²) in [5.41, 5.74) is 6.87. The van der Waals surface area contributed by atoms with Gasteiger partial charge in [0.1, 0.15) is 11.8 Å². The van der Waals surface area contributed by atoms with Crippen LogP contribution in [0.3, 0.4) is 0 Å². The van der Waals surface area contributed by atoms with Gasteiger partial charge in [-0.1, -0.05) is 11.6 Å².